The predicted octanol–water partition coefficient (Wildman–Crippen LogP) is 7.13. The van der Waals surface area contributed by atoms with Crippen molar-refractivity contribution in [2.75, 3.05) is 0 Å². The van der Waals surface area contributed by atoms with Gasteiger partial charge in [-0.25, -0.2) is 4.39 Å². The van der Waals surface area contributed by atoms with Gasteiger partial charge in [0, 0.05) is 16.1 Å². The van der Waals surface area contributed by atoms with E-state index in [9.17, 15) is 14.0 Å². The van der Waals surface area contributed by atoms with Crippen LogP contribution in [0.2, 0.25) is 5.02 Å². The van der Waals surface area contributed by atoms with Gasteiger partial charge >= 0.3 is 0 Å². The number of hydrazine groups is 1. The first-order valence-corrected chi connectivity index (χ1v) is 13.1. The Morgan fingerprint density at radius 1 is 1.14 bits per heavy atom. The molecule has 0 atom stereocenters. The Hall–Kier alpha value is -2.24. The normalized spacial score (nSPS) is 14.5. The maximum absolute atomic E-state index is 13.9. The molecule has 0 unspecified atom stereocenters. The van der Waals surface area contributed by atoms with Gasteiger partial charge in [-0.1, -0.05) is 41.6 Å². The number of thiocarbonyl (C=S) groups is 1. The number of nitrogens with one attached hydrogen (secondary N) is 1. The van der Waals surface area contributed by atoms with Crippen LogP contribution >= 0.6 is 67.4 Å². The van der Waals surface area contributed by atoms with Crippen LogP contribution in [0, 0.1) is 5.82 Å². The summed E-state index contributed by atoms with van der Waals surface area (Å²) < 4.78 is 21.1. The van der Waals surface area contributed by atoms with E-state index in [0.29, 0.717) is 41.3 Å². The molecule has 5 nitrogen and oxygen atoms in total. The van der Waals surface area contributed by atoms with Gasteiger partial charge in [0.1, 0.15) is 18.2 Å². The molecule has 11 heteroatoms. The van der Waals surface area contributed by atoms with Crippen LogP contribution in [0.5, 0.6) is 5.75 Å². The molecule has 0 radical (unpaired) electrons. The highest BCUT2D eigenvalue weighted by Gasteiger charge is 2.34. The summed E-state index contributed by atoms with van der Waals surface area (Å²) in [4.78, 5) is 25.7. The predicted molar refractivity (Wildman–Crippen MR) is 147 cm³/mol. The first kappa shape index (κ1) is 25.8. The van der Waals surface area contributed by atoms with E-state index in [1.54, 1.807) is 60.7 Å². The molecule has 0 bridgehead atoms. The number of ether oxygens (including phenoxy) is 1. The second-order valence-corrected chi connectivity index (χ2v) is 11.0. The lowest BCUT2D eigenvalue weighted by Crippen LogP contribution is -2.44. The summed E-state index contributed by atoms with van der Waals surface area (Å²) >= 11 is 19.2. The molecule has 1 N–H and O–H groups in total. The van der Waals surface area contributed by atoms with Crippen molar-refractivity contribution in [2.24, 2.45) is 0 Å². The number of halogens is 4. The van der Waals surface area contributed by atoms with Gasteiger partial charge in [-0.3, -0.25) is 15.0 Å². The molecule has 0 spiro atoms. The third-order valence-corrected chi connectivity index (χ3v) is 7.49. The van der Waals surface area contributed by atoms with Crippen LogP contribution in [0.15, 0.2) is 74.5 Å². The molecule has 1 saturated heterocycles. The highest BCUT2D eigenvalue weighted by Crippen LogP contribution is 2.38. The lowest BCUT2D eigenvalue weighted by Gasteiger charge is -2.15. The van der Waals surface area contributed by atoms with Gasteiger partial charge in [-0.15, -0.1) is 0 Å². The molecule has 1 heterocycles. The molecule has 1 aliphatic heterocycles. The summed E-state index contributed by atoms with van der Waals surface area (Å²) in [6.45, 7) is 0.0508. The van der Waals surface area contributed by atoms with E-state index in [1.807, 2.05) is 0 Å². The number of nitrogens with zero attached hydrogens (tertiary/aromatic N) is 1. The molecule has 3 aromatic rings. The highest BCUT2D eigenvalue weighted by molar-refractivity contribution is 9.11. The fourth-order valence-electron chi connectivity index (χ4n) is 3.05. The van der Waals surface area contributed by atoms with E-state index in [0.717, 1.165) is 16.8 Å². The van der Waals surface area contributed by atoms with Crippen LogP contribution in [-0.4, -0.2) is 21.1 Å². The van der Waals surface area contributed by atoms with Gasteiger partial charge in [0.05, 0.1) is 13.9 Å². The van der Waals surface area contributed by atoms with Crippen molar-refractivity contribution >= 4 is 89.7 Å². The largest absolute Gasteiger partial charge is 0.486 e. The van der Waals surface area contributed by atoms with E-state index in [1.165, 1.54) is 6.07 Å². The number of carbonyl (C=O) groups is 2. The van der Waals surface area contributed by atoms with Crippen molar-refractivity contribution in [3.63, 3.8) is 0 Å². The summed E-state index contributed by atoms with van der Waals surface area (Å²) in [6.07, 6.45) is 1.66. The molecule has 1 fully saturated rings. The standard InChI is InChI=1S/C24H14Br2ClFN2O3S2/c25-17-9-13(10-18(26)21(17)33-12-15-3-1-2-4-19(15)28)11-20-23(32)30(24(34)35-20)29-22(31)14-5-7-16(27)8-6-14/h1-11H,12H2,(H,29,31)/b20-11+. The van der Waals surface area contributed by atoms with Crippen molar-refractivity contribution in [3.8, 4) is 5.75 Å². The van der Waals surface area contributed by atoms with Gasteiger partial charge in [-0.05, 0) is 98.2 Å². The van der Waals surface area contributed by atoms with Gasteiger partial charge < -0.3 is 4.74 Å². The second kappa shape index (κ2) is 11.2. The molecule has 1 aliphatic rings. The minimum Gasteiger partial charge on any atom is -0.486 e. The summed E-state index contributed by atoms with van der Waals surface area (Å²) in [5.74, 6) is -0.787. The average Bonchev–Trinajstić information content (AvgIpc) is 3.07. The number of rotatable bonds is 6. The zero-order valence-corrected chi connectivity index (χ0v) is 23.1. The first-order valence-electron chi connectivity index (χ1n) is 9.92. The van der Waals surface area contributed by atoms with E-state index in [-0.39, 0.29) is 16.7 Å². The van der Waals surface area contributed by atoms with E-state index in [4.69, 9.17) is 28.6 Å². The number of hydrogen-bond acceptors (Lipinski definition) is 5. The zero-order chi connectivity index (χ0) is 25.1. The Balaban J connectivity index is 1.48. The molecule has 4 rings (SSSR count). The molecule has 0 aliphatic carbocycles. The Morgan fingerprint density at radius 3 is 2.46 bits per heavy atom. The van der Waals surface area contributed by atoms with Crippen LogP contribution < -0.4 is 10.2 Å². The van der Waals surface area contributed by atoms with E-state index in [2.05, 4.69) is 37.3 Å². The summed E-state index contributed by atoms with van der Waals surface area (Å²) in [5, 5.41) is 1.54. The third-order valence-electron chi connectivity index (χ3n) is 4.76. The fraction of sp³-hybridized carbons (Fsp3) is 0.0417. The van der Waals surface area contributed by atoms with Crippen LogP contribution in [0.1, 0.15) is 21.5 Å². The molecular weight excluding hydrogens is 643 g/mol. The van der Waals surface area contributed by atoms with Crippen molar-refractivity contribution in [1.29, 1.82) is 0 Å². The molecule has 0 aromatic heterocycles. The Kier molecular flexibility index (Phi) is 8.28. The Labute approximate surface area is 231 Å². The molecule has 2 amide bonds. The fourth-order valence-corrected chi connectivity index (χ4v) is 5.81. The molecule has 178 valence electrons. The Bertz CT molecular complexity index is 1350. The van der Waals surface area contributed by atoms with Crippen LogP contribution in [-0.2, 0) is 11.4 Å². The molecule has 0 saturated carbocycles. The quantitative estimate of drug-likeness (QED) is 0.226. The smallest absolute Gasteiger partial charge is 0.285 e. The lowest BCUT2D eigenvalue weighted by molar-refractivity contribution is -0.123. The van der Waals surface area contributed by atoms with E-state index >= 15 is 0 Å². The number of thioether (sulfide) groups is 1. The number of amides is 2. The number of benzene rings is 3. The third kappa shape index (κ3) is 6.13. The Morgan fingerprint density at radius 2 is 1.80 bits per heavy atom. The summed E-state index contributed by atoms with van der Waals surface area (Å²) in [5.41, 5.74) is 3.98. The van der Waals surface area contributed by atoms with Gasteiger partial charge in [0.15, 0.2) is 4.32 Å². The summed E-state index contributed by atoms with van der Waals surface area (Å²) in [6, 6.07) is 16.2. The monoisotopic (exact) mass is 654 g/mol. The van der Waals surface area contributed by atoms with Crippen LogP contribution in [0.25, 0.3) is 6.08 Å². The molecule has 3 aromatic carbocycles. The number of hydrogen-bond donors (Lipinski definition) is 1. The van der Waals surface area contributed by atoms with Gasteiger partial charge in [0.25, 0.3) is 11.8 Å². The first-order chi connectivity index (χ1) is 16.7. The van der Waals surface area contributed by atoms with Gasteiger partial charge in [-0.2, -0.15) is 5.01 Å². The average molecular weight is 657 g/mol. The van der Waals surface area contributed by atoms with Crippen LogP contribution in [0.3, 0.4) is 0 Å². The highest BCUT2D eigenvalue weighted by atomic mass is 79.9. The number of carbonyl (C=O) groups excluding carboxylic acids is 2. The van der Waals surface area contributed by atoms with Crippen molar-refractivity contribution in [2.45, 2.75) is 6.61 Å². The second-order valence-electron chi connectivity index (χ2n) is 7.16. The van der Waals surface area contributed by atoms with Crippen molar-refractivity contribution in [3.05, 3.63) is 102 Å². The SMILES string of the molecule is O=C(NN1C(=O)/C(=C\c2cc(Br)c(OCc3ccccc3F)c(Br)c2)SC1=S)c1ccc(Cl)cc1. The lowest BCUT2D eigenvalue weighted by atomic mass is 10.2. The maximum Gasteiger partial charge on any atom is 0.285 e. The van der Waals surface area contributed by atoms with Gasteiger partial charge in [0.2, 0.25) is 0 Å². The topological polar surface area (TPSA) is 58.6 Å². The van der Waals surface area contributed by atoms with Crippen molar-refractivity contribution < 1.29 is 18.7 Å². The molecular formula is C24H14Br2ClFN2O3S2. The molecule has 35 heavy (non-hydrogen) atoms. The maximum atomic E-state index is 13.9. The minimum absolute atomic E-state index is 0.0508. The van der Waals surface area contributed by atoms with Crippen molar-refractivity contribution in [1.82, 2.24) is 10.4 Å². The van der Waals surface area contributed by atoms with E-state index < -0.39 is 11.8 Å². The summed E-state index contributed by atoms with van der Waals surface area (Å²) in [7, 11) is 0. The van der Waals surface area contributed by atoms with Crippen LogP contribution in [0.4, 0.5) is 4.39 Å². The minimum atomic E-state index is -0.485. The zero-order valence-electron chi connectivity index (χ0n) is 17.6.